The van der Waals surface area contributed by atoms with Crippen molar-refractivity contribution >= 4 is 10.0 Å². The summed E-state index contributed by atoms with van der Waals surface area (Å²) in [5, 5.41) is 0. The standard InChI is InChI=1S/C13H14F3NO3S/c1-3-8-20-9-12(13(14,15)16)17-21(18,19)11-6-4-10(2)5-7-11/h1,4-7,12,17H,8-9H2,2H3. The number of nitrogens with one attached hydrogen (secondary N) is 1. The quantitative estimate of drug-likeness (QED) is 0.643. The van der Waals surface area contributed by atoms with Gasteiger partial charge >= 0.3 is 6.18 Å². The van der Waals surface area contributed by atoms with Crippen LogP contribution in [-0.4, -0.2) is 33.8 Å². The van der Waals surface area contributed by atoms with Gasteiger partial charge in [0.15, 0.2) is 0 Å². The fourth-order valence-electron chi connectivity index (χ4n) is 1.40. The third kappa shape index (κ3) is 5.38. The summed E-state index contributed by atoms with van der Waals surface area (Å²) < 4.78 is 68.4. The highest BCUT2D eigenvalue weighted by molar-refractivity contribution is 7.89. The minimum atomic E-state index is -4.79. The first kappa shape index (κ1) is 17.5. The number of alkyl halides is 3. The minimum Gasteiger partial charge on any atom is -0.367 e. The van der Waals surface area contributed by atoms with Crippen LogP contribution < -0.4 is 4.72 Å². The molecular weight excluding hydrogens is 307 g/mol. The van der Waals surface area contributed by atoms with Crippen LogP contribution in [0.5, 0.6) is 0 Å². The Balaban J connectivity index is 2.91. The molecule has 4 nitrogen and oxygen atoms in total. The molecule has 21 heavy (non-hydrogen) atoms. The van der Waals surface area contributed by atoms with Gasteiger partial charge in [-0.1, -0.05) is 23.6 Å². The zero-order chi connectivity index (χ0) is 16.1. The van der Waals surface area contributed by atoms with Gasteiger partial charge in [-0.3, -0.25) is 0 Å². The van der Waals surface area contributed by atoms with E-state index in [9.17, 15) is 21.6 Å². The topological polar surface area (TPSA) is 55.4 Å². The van der Waals surface area contributed by atoms with Gasteiger partial charge in [0.2, 0.25) is 10.0 Å². The van der Waals surface area contributed by atoms with Crippen LogP contribution >= 0.6 is 0 Å². The summed E-state index contributed by atoms with van der Waals surface area (Å²) in [6, 6.07) is 3.08. The first-order valence-corrected chi connectivity index (χ1v) is 7.32. The number of hydrogen-bond acceptors (Lipinski definition) is 3. The molecular formula is C13H14F3NO3S. The van der Waals surface area contributed by atoms with Crippen LogP contribution in [0, 0.1) is 19.3 Å². The van der Waals surface area contributed by atoms with Gasteiger partial charge in [0, 0.05) is 0 Å². The van der Waals surface area contributed by atoms with Gasteiger partial charge in [-0.15, -0.1) is 6.42 Å². The van der Waals surface area contributed by atoms with Crippen molar-refractivity contribution in [3.05, 3.63) is 29.8 Å². The molecule has 116 valence electrons. The Morgan fingerprint density at radius 2 is 1.90 bits per heavy atom. The van der Waals surface area contributed by atoms with Gasteiger partial charge in [-0.2, -0.15) is 17.9 Å². The summed E-state index contributed by atoms with van der Waals surface area (Å²) in [6.45, 7) is 0.508. The summed E-state index contributed by atoms with van der Waals surface area (Å²) in [5.41, 5.74) is 0.790. The molecule has 0 bridgehead atoms. The predicted octanol–water partition coefficient (Wildman–Crippen LogP) is 1.85. The zero-order valence-corrected chi connectivity index (χ0v) is 12.0. The van der Waals surface area contributed by atoms with Gasteiger partial charge < -0.3 is 4.74 Å². The second-order valence-electron chi connectivity index (χ2n) is 4.25. The van der Waals surface area contributed by atoms with E-state index in [4.69, 9.17) is 6.42 Å². The number of terminal acetylenes is 1. The van der Waals surface area contributed by atoms with Gasteiger partial charge in [-0.25, -0.2) is 8.42 Å². The lowest BCUT2D eigenvalue weighted by atomic mass is 10.2. The molecule has 0 spiro atoms. The Bertz CT molecular complexity index is 603. The molecule has 8 heteroatoms. The van der Waals surface area contributed by atoms with Crippen LogP contribution in [-0.2, 0) is 14.8 Å². The Morgan fingerprint density at radius 1 is 1.33 bits per heavy atom. The maximum Gasteiger partial charge on any atom is 0.407 e. The van der Waals surface area contributed by atoms with Gasteiger partial charge in [0.05, 0.1) is 11.5 Å². The summed E-state index contributed by atoms with van der Waals surface area (Å²) in [5.74, 6) is 2.01. The predicted molar refractivity (Wildman–Crippen MR) is 71.0 cm³/mol. The molecule has 0 aromatic heterocycles. The maximum absolute atomic E-state index is 12.8. The lowest BCUT2D eigenvalue weighted by Gasteiger charge is -2.21. The fraction of sp³-hybridized carbons (Fsp3) is 0.385. The molecule has 0 aliphatic carbocycles. The van der Waals surface area contributed by atoms with Crippen LogP contribution in [0.15, 0.2) is 29.2 Å². The van der Waals surface area contributed by atoms with E-state index in [1.165, 1.54) is 24.3 Å². The molecule has 0 amide bonds. The maximum atomic E-state index is 12.8. The number of rotatable bonds is 6. The van der Waals surface area contributed by atoms with E-state index in [2.05, 4.69) is 4.74 Å². The molecule has 1 unspecified atom stereocenters. The van der Waals surface area contributed by atoms with Crippen molar-refractivity contribution in [2.75, 3.05) is 13.2 Å². The molecule has 1 aromatic rings. The van der Waals surface area contributed by atoms with Gasteiger partial charge in [-0.05, 0) is 19.1 Å². The van der Waals surface area contributed by atoms with E-state index in [1.807, 2.05) is 5.92 Å². The average molecular weight is 321 g/mol. The van der Waals surface area contributed by atoms with Crippen molar-refractivity contribution in [1.29, 1.82) is 0 Å². The van der Waals surface area contributed by atoms with E-state index in [0.717, 1.165) is 5.56 Å². The minimum absolute atomic E-state index is 0.251. The zero-order valence-electron chi connectivity index (χ0n) is 11.1. The lowest BCUT2D eigenvalue weighted by molar-refractivity contribution is -0.162. The summed E-state index contributed by atoms with van der Waals surface area (Å²) in [6.07, 6.45) is 0.0760. The number of halogens is 3. The van der Waals surface area contributed by atoms with E-state index in [0.29, 0.717) is 0 Å². The molecule has 0 fully saturated rings. The molecule has 1 N–H and O–H groups in total. The van der Waals surface area contributed by atoms with E-state index >= 15 is 0 Å². The van der Waals surface area contributed by atoms with Crippen molar-refractivity contribution in [2.45, 2.75) is 24.0 Å². The highest BCUT2D eigenvalue weighted by atomic mass is 32.2. The lowest BCUT2D eigenvalue weighted by Crippen LogP contribution is -2.48. The summed E-state index contributed by atoms with van der Waals surface area (Å²) in [4.78, 5) is -0.251. The van der Waals surface area contributed by atoms with E-state index in [-0.39, 0.29) is 11.5 Å². The molecule has 0 heterocycles. The second kappa shape index (κ2) is 6.93. The van der Waals surface area contributed by atoms with Crippen LogP contribution in [0.2, 0.25) is 0 Å². The summed E-state index contributed by atoms with van der Waals surface area (Å²) in [7, 11) is -4.30. The van der Waals surface area contributed by atoms with Crippen molar-refractivity contribution in [3.63, 3.8) is 0 Å². The monoisotopic (exact) mass is 321 g/mol. The first-order valence-electron chi connectivity index (χ1n) is 5.84. The van der Waals surface area contributed by atoms with E-state index in [1.54, 1.807) is 11.6 Å². The Labute approximate surface area is 121 Å². The van der Waals surface area contributed by atoms with Crippen molar-refractivity contribution in [2.24, 2.45) is 0 Å². The smallest absolute Gasteiger partial charge is 0.367 e. The Morgan fingerprint density at radius 3 is 2.38 bits per heavy atom. The highest BCUT2D eigenvalue weighted by Crippen LogP contribution is 2.22. The highest BCUT2D eigenvalue weighted by Gasteiger charge is 2.42. The Hall–Kier alpha value is -1.56. The molecule has 0 radical (unpaired) electrons. The van der Waals surface area contributed by atoms with Crippen LogP contribution in [0.3, 0.4) is 0 Å². The fourth-order valence-corrected chi connectivity index (χ4v) is 2.61. The molecule has 0 saturated carbocycles. The largest absolute Gasteiger partial charge is 0.407 e. The van der Waals surface area contributed by atoms with Crippen molar-refractivity contribution in [1.82, 2.24) is 4.72 Å². The number of sulfonamides is 1. The van der Waals surface area contributed by atoms with Crippen LogP contribution in [0.25, 0.3) is 0 Å². The average Bonchev–Trinajstić information content (AvgIpc) is 2.37. The Kier molecular flexibility index (Phi) is 5.78. The van der Waals surface area contributed by atoms with Crippen LogP contribution in [0.1, 0.15) is 5.56 Å². The molecule has 0 saturated heterocycles. The van der Waals surface area contributed by atoms with Gasteiger partial charge in [0.25, 0.3) is 0 Å². The van der Waals surface area contributed by atoms with E-state index < -0.39 is 28.8 Å². The van der Waals surface area contributed by atoms with Crippen molar-refractivity contribution in [3.8, 4) is 12.3 Å². The molecule has 1 aromatic carbocycles. The van der Waals surface area contributed by atoms with Crippen molar-refractivity contribution < 1.29 is 26.3 Å². The molecule has 1 atom stereocenters. The number of hydrogen-bond donors (Lipinski definition) is 1. The number of benzene rings is 1. The molecule has 0 aliphatic heterocycles. The SMILES string of the molecule is C#CCOCC(NS(=O)(=O)c1ccc(C)cc1)C(F)(F)F. The third-order valence-corrected chi connectivity index (χ3v) is 3.98. The molecule has 1 rings (SSSR count). The molecule has 0 aliphatic rings. The number of aryl methyl sites for hydroxylation is 1. The van der Waals surface area contributed by atoms with Gasteiger partial charge in [0.1, 0.15) is 12.6 Å². The third-order valence-electron chi connectivity index (χ3n) is 2.49. The normalized spacial score (nSPS) is 13.7. The first-order chi connectivity index (χ1) is 9.66. The summed E-state index contributed by atoms with van der Waals surface area (Å²) >= 11 is 0. The van der Waals surface area contributed by atoms with Crippen LogP contribution in [0.4, 0.5) is 13.2 Å². The second-order valence-corrected chi connectivity index (χ2v) is 5.96. The number of ether oxygens (including phenoxy) is 1.